The van der Waals surface area contributed by atoms with Crippen molar-refractivity contribution < 1.29 is 9.23 Å². The lowest BCUT2D eigenvalue weighted by atomic mass is 9.98. The van der Waals surface area contributed by atoms with Crippen LogP contribution >= 0.6 is 0 Å². The maximum absolute atomic E-state index is 14.2. The van der Waals surface area contributed by atoms with Crippen molar-refractivity contribution in [2.45, 2.75) is 38.8 Å². The van der Waals surface area contributed by atoms with E-state index in [4.69, 9.17) is 10.1 Å². The molecule has 11 heteroatoms. The lowest BCUT2D eigenvalue weighted by Gasteiger charge is -2.21. The van der Waals surface area contributed by atoms with E-state index < -0.39 is 23.1 Å². The van der Waals surface area contributed by atoms with Crippen LogP contribution in [0.3, 0.4) is 0 Å². The Bertz CT molecular complexity index is 1620. The van der Waals surface area contributed by atoms with Crippen LogP contribution in [0, 0.1) is 39.8 Å². The minimum Gasteiger partial charge on any atom is -0.401 e. The summed E-state index contributed by atoms with van der Waals surface area (Å²) in [6.07, 6.45) is 4.24. The standard InChI is InChI=1S/C24H19FN8O2/c1-14(21-15(9-27)4-5-19(25)18(21)10-28)35-33-20-8-16(11-29-22(20)31-23(33)34)17-12-30-32(13-17)24(2,3)6-7-26/h4-5,8,11-14H,6H2,1-3H3,(H,29,31,34). The fraction of sp³-hybridized carbons (Fsp3) is 0.250. The molecule has 0 aliphatic rings. The molecule has 35 heavy (non-hydrogen) atoms. The summed E-state index contributed by atoms with van der Waals surface area (Å²) in [5, 5.41) is 32.3. The third-order valence-corrected chi connectivity index (χ3v) is 5.64. The number of aromatic nitrogens is 5. The molecule has 0 fully saturated rings. The Labute approximate surface area is 199 Å². The third kappa shape index (κ3) is 4.09. The van der Waals surface area contributed by atoms with Crippen molar-refractivity contribution in [3.8, 4) is 29.3 Å². The molecule has 0 saturated carbocycles. The molecule has 174 valence electrons. The second-order valence-corrected chi connectivity index (χ2v) is 8.49. The number of hydrogen-bond donors (Lipinski definition) is 1. The second-order valence-electron chi connectivity index (χ2n) is 8.49. The van der Waals surface area contributed by atoms with Gasteiger partial charge in [0.15, 0.2) is 11.8 Å². The van der Waals surface area contributed by atoms with Crippen molar-refractivity contribution >= 4 is 11.2 Å². The van der Waals surface area contributed by atoms with Gasteiger partial charge in [-0.2, -0.15) is 20.9 Å². The van der Waals surface area contributed by atoms with Crippen LogP contribution < -0.4 is 10.5 Å². The summed E-state index contributed by atoms with van der Waals surface area (Å²) in [6, 6.07) is 9.81. The van der Waals surface area contributed by atoms with Gasteiger partial charge in [-0.05, 0) is 39.0 Å². The number of H-pyrrole nitrogens is 1. The van der Waals surface area contributed by atoms with Crippen molar-refractivity contribution in [1.29, 1.82) is 15.8 Å². The predicted octanol–water partition coefficient (Wildman–Crippen LogP) is 3.31. The van der Waals surface area contributed by atoms with Gasteiger partial charge in [-0.3, -0.25) is 9.67 Å². The molecule has 10 nitrogen and oxygen atoms in total. The summed E-state index contributed by atoms with van der Waals surface area (Å²) in [5.41, 5.74) is 0.549. The number of pyridine rings is 1. The number of rotatable bonds is 6. The second kappa shape index (κ2) is 8.77. The topological polar surface area (TPSA) is 149 Å². The van der Waals surface area contributed by atoms with Gasteiger partial charge in [0, 0.05) is 29.1 Å². The molecule has 0 amide bonds. The molecule has 4 aromatic rings. The molecule has 0 bridgehead atoms. The Kier molecular flexibility index (Phi) is 5.82. The lowest BCUT2D eigenvalue weighted by molar-refractivity contribution is 0.0488. The van der Waals surface area contributed by atoms with Gasteiger partial charge in [-0.15, -0.1) is 4.73 Å². The molecule has 3 heterocycles. The Balaban J connectivity index is 1.75. The van der Waals surface area contributed by atoms with Crippen molar-refractivity contribution in [3.05, 3.63) is 69.8 Å². The van der Waals surface area contributed by atoms with Crippen molar-refractivity contribution in [3.63, 3.8) is 0 Å². The first-order valence-electron chi connectivity index (χ1n) is 10.5. The highest BCUT2D eigenvalue weighted by Gasteiger charge is 2.24. The molecule has 1 aromatic carbocycles. The molecule has 0 aliphatic carbocycles. The van der Waals surface area contributed by atoms with Crippen molar-refractivity contribution in [2.75, 3.05) is 0 Å². The smallest absolute Gasteiger partial charge is 0.360 e. The summed E-state index contributed by atoms with van der Waals surface area (Å²) in [5.74, 6) is -0.788. The molecule has 1 N–H and O–H groups in total. The number of hydrogen-bond acceptors (Lipinski definition) is 7. The maximum atomic E-state index is 14.2. The highest BCUT2D eigenvalue weighted by molar-refractivity contribution is 5.77. The number of benzene rings is 1. The average molecular weight is 470 g/mol. The predicted molar refractivity (Wildman–Crippen MR) is 122 cm³/mol. The van der Waals surface area contributed by atoms with Gasteiger partial charge in [0.05, 0.1) is 41.4 Å². The zero-order chi connectivity index (χ0) is 25.3. The molecule has 3 aromatic heterocycles. The summed E-state index contributed by atoms with van der Waals surface area (Å²) in [4.78, 5) is 25.3. The first kappa shape index (κ1) is 23.2. The quantitative estimate of drug-likeness (QED) is 0.454. The van der Waals surface area contributed by atoms with Crippen LogP contribution in [0.25, 0.3) is 22.3 Å². The highest BCUT2D eigenvalue weighted by Crippen LogP contribution is 2.27. The SMILES string of the molecule is CC(On1c(=O)[nH]c2ncc(-c3cnn(C(C)(C)CC#N)c3)cc21)c1c(C#N)ccc(F)c1C#N. The zero-order valence-electron chi connectivity index (χ0n) is 19.1. The van der Waals surface area contributed by atoms with Crippen LogP contribution in [0.15, 0.2) is 41.6 Å². The molecule has 0 aliphatic heterocycles. The number of nitriles is 3. The summed E-state index contributed by atoms with van der Waals surface area (Å²) in [7, 11) is 0. The molecular weight excluding hydrogens is 451 g/mol. The van der Waals surface area contributed by atoms with Crippen molar-refractivity contribution in [2.24, 2.45) is 0 Å². The van der Waals surface area contributed by atoms with Gasteiger partial charge >= 0.3 is 5.69 Å². The van der Waals surface area contributed by atoms with E-state index in [1.165, 1.54) is 13.0 Å². The van der Waals surface area contributed by atoms with Gasteiger partial charge in [-0.25, -0.2) is 14.2 Å². The van der Waals surface area contributed by atoms with Gasteiger partial charge in [-0.1, -0.05) is 0 Å². The van der Waals surface area contributed by atoms with Crippen LogP contribution in [-0.2, 0) is 5.54 Å². The molecule has 0 saturated heterocycles. The number of imidazole rings is 1. The lowest BCUT2D eigenvalue weighted by Crippen LogP contribution is -2.27. The minimum absolute atomic E-state index is 0.0429. The van der Waals surface area contributed by atoms with Gasteiger partial charge in [0.25, 0.3) is 0 Å². The molecule has 4 rings (SSSR count). The summed E-state index contributed by atoms with van der Waals surface area (Å²) in [6.45, 7) is 5.30. The first-order chi connectivity index (χ1) is 16.7. The largest absolute Gasteiger partial charge is 0.401 e. The number of fused-ring (bicyclic) bond motifs is 1. The normalized spacial score (nSPS) is 12.0. The van der Waals surface area contributed by atoms with Crippen LogP contribution in [0.2, 0.25) is 0 Å². The monoisotopic (exact) mass is 470 g/mol. The van der Waals surface area contributed by atoms with E-state index in [0.717, 1.165) is 10.8 Å². The Morgan fingerprint density at radius 3 is 2.66 bits per heavy atom. The summed E-state index contributed by atoms with van der Waals surface area (Å²) >= 11 is 0. The van der Waals surface area contributed by atoms with Crippen LogP contribution in [0.4, 0.5) is 4.39 Å². The third-order valence-electron chi connectivity index (χ3n) is 5.64. The Morgan fingerprint density at radius 2 is 1.97 bits per heavy atom. The fourth-order valence-electron chi connectivity index (χ4n) is 3.74. The van der Waals surface area contributed by atoms with Crippen LogP contribution in [-0.4, -0.2) is 24.5 Å². The number of nitrogens with zero attached hydrogens (tertiary/aromatic N) is 7. The number of aromatic amines is 1. The van der Waals surface area contributed by atoms with E-state index in [0.29, 0.717) is 16.6 Å². The number of halogens is 1. The number of nitrogens with one attached hydrogen (secondary N) is 1. The summed E-state index contributed by atoms with van der Waals surface area (Å²) < 4.78 is 16.9. The van der Waals surface area contributed by atoms with Gasteiger partial charge in [0.1, 0.15) is 17.4 Å². The Hall–Kier alpha value is -4.95. The zero-order valence-corrected chi connectivity index (χ0v) is 19.1. The highest BCUT2D eigenvalue weighted by atomic mass is 19.1. The Morgan fingerprint density at radius 1 is 1.20 bits per heavy atom. The van der Waals surface area contributed by atoms with E-state index in [1.807, 2.05) is 19.9 Å². The van der Waals surface area contributed by atoms with Crippen LogP contribution in [0.5, 0.6) is 0 Å². The fourth-order valence-corrected chi connectivity index (χ4v) is 3.74. The van der Waals surface area contributed by atoms with Gasteiger partial charge < -0.3 is 4.84 Å². The molecule has 1 atom stereocenters. The van der Waals surface area contributed by atoms with E-state index in [2.05, 4.69) is 21.1 Å². The maximum Gasteiger partial charge on any atom is 0.360 e. The molecular formula is C24H19FN8O2. The van der Waals surface area contributed by atoms with E-state index in [9.17, 15) is 19.7 Å². The molecule has 0 spiro atoms. The first-order valence-corrected chi connectivity index (χ1v) is 10.5. The average Bonchev–Trinajstić information content (AvgIpc) is 3.44. The van der Waals surface area contributed by atoms with Gasteiger partial charge in [0.2, 0.25) is 0 Å². The van der Waals surface area contributed by atoms with E-state index in [1.54, 1.807) is 35.4 Å². The molecule has 0 radical (unpaired) electrons. The van der Waals surface area contributed by atoms with E-state index in [-0.39, 0.29) is 28.8 Å². The minimum atomic E-state index is -1.01. The van der Waals surface area contributed by atoms with Crippen molar-refractivity contribution in [1.82, 2.24) is 24.5 Å². The van der Waals surface area contributed by atoms with Crippen LogP contribution in [0.1, 0.15) is 50.0 Å². The molecule has 1 unspecified atom stereocenters. The van der Waals surface area contributed by atoms with E-state index >= 15 is 0 Å².